The molecule has 2 N–H and O–H groups in total. The van der Waals surface area contributed by atoms with Crippen LogP contribution >= 0.6 is 0 Å². The van der Waals surface area contributed by atoms with E-state index in [4.69, 9.17) is 4.79 Å². The van der Waals surface area contributed by atoms with Gasteiger partial charge in [0.25, 0.3) is 0 Å². The molecule has 1 aliphatic heterocycles. The Morgan fingerprint density at radius 3 is 2.44 bits per heavy atom. The Bertz CT molecular complexity index is 1020. The van der Waals surface area contributed by atoms with Crippen LogP contribution in [0.4, 0.5) is 13.2 Å². The van der Waals surface area contributed by atoms with Crippen molar-refractivity contribution >= 4 is 6.79 Å². The zero-order valence-electron chi connectivity index (χ0n) is 17.8. The van der Waals surface area contributed by atoms with Gasteiger partial charge >= 0.3 is 6.18 Å². The van der Waals surface area contributed by atoms with E-state index in [1.807, 2.05) is 31.1 Å². The Hall–Kier alpha value is -2.96. The molecule has 0 spiro atoms. The Balaban J connectivity index is 0.00000141. The number of hydrogen-bond donors (Lipinski definition) is 2. The van der Waals surface area contributed by atoms with Crippen molar-refractivity contribution in [2.75, 3.05) is 13.1 Å². The van der Waals surface area contributed by atoms with Gasteiger partial charge in [-0.2, -0.15) is 13.2 Å². The number of rotatable bonds is 6. The number of carbonyl (C=O) groups excluding carboxylic acids is 1. The third kappa shape index (κ3) is 6.05. The Labute approximate surface area is 186 Å². The standard InChI is InChI=1S/C25H25F3N2.CH2O/c26-25(27,28)23-9-7-20(8-10-23)24-4-2-1-3-19(24)11-13-29-16-18-5-6-22-17-30-14-12-21(22)15-18;1-2/h1-10,15,29-30H,11-14,16-17H2;1H2. The normalized spacial score (nSPS) is 13.1. The molecule has 3 nitrogen and oxygen atoms in total. The summed E-state index contributed by atoms with van der Waals surface area (Å²) in [6.07, 6.45) is -2.43. The molecule has 3 aromatic rings. The largest absolute Gasteiger partial charge is 0.416 e. The lowest BCUT2D eigenvalue weighted by atomic mass is 9.96. The van der Waals surface area contributed by atoms with E-state index < -0.39 is 11.7 Å². The Morgan fingerprint density at radius 2 is 1.69 bits per heavy atom. The van der Waals surface area contributed by atoms with Crippen LogP contribution in [-0.4, -0.2) is 19.9 Å². The summed E-state index contributed by atoms with van der Waals surface area (Å²) < 4.78 is 38.5. The zero-order chi connectivity index (χ0) is 23.0. The molecule has 0 atom stereocenters. The van der Waals surface area contributed by atoms with E-state index in [0.717, 1.165) is 67.8 Å². The van der Waals surface area contributed by atoms with Gasteiger partial charge in [-0.3, -0.25) is 0 Å². The molecule has 4 rings (SSSR count). The van der Waals surface area contributed by atoms with Crippen LogP contribution in [0, 0.1) is 0 Å². The van der Waals surface area contributed by atoms with Gasteiger partial charge in [-0.05, 0) is 71.4 Å². The van der Waals surface area contributed by atoms with Gasteiger partial charge in [-0.15, -0.1) is 0 Å². The van der Waals surface area contributed by atoms with Crippen LogP contribution in [0.5, 0.6) is 0 Å². The third-order valence-corrected chi connectivity index (χ3v) is 5.60. The number of nitrogens with one attached hydrogen (secondary N) is 2. The molecule has 0 saturated carbocycles. The minimum Gasteiger partial charge on any atom is -0.312 e. The quantitative estimate of drug-likeness (QED) is 0.520. The van der Waals surface area contributed by atoms with Gasteiger partial charge in [0.05, 0.1) is 5.56 Å². The highest BCUT2D eigenvalue weighted by molar-refractivity contribution is 5.67. The SMILES string of the molecule is C=O.FC(F)(F)c1ccc(-c2ccccc2CCNCc2ccc3c(c2)CCNC3)cc1. The molecule has 0 aromatic heterocycles. The summed E-state index contributed by atoms with van der Waals surface area (Å²) in [5.74, 6) is 0. The van der Waals surface area contributed by atoms with Crippen LogP contribution in [-0.2, 0) is 36.9 Å². The summed E-state index contributed by atoms with van der Waals surface area (Å²) in [5, 5.41) is 6.89. The highest BCUT2D eigenvalue weighted by Crippen LogP contribution is 2.32. The number of halogens is 3. The molecule has 6 heteroatoms. The lowest BCUT2D eigenvalue weighted by Gasteiger charge is -2.18. The lowest BCUT2D eigenvalue weighted by Crippen LogP contribution is -2.24. The van der Waals surface area contributed by atoms with Crippen molar-refractivity contribution in [2.45, 2.75) is 32.1 Å². The van der Waals surface area contributed by atoms with Gasteiger partial charge in [0.15, 0.2) is 0 Å². The molecule has 0 bridgehead atoms. The van der Waals surface area contributed by atoms with Crippen molar-refractivity contribution in [1.82, 2.24) is 10.6 Å². The molecule has 3 aromatic carbocycles. The first-order valence-corrected chi connectivity index (χ1v) is 10.6. The van der Waals surface area contributed by atoms with Crippen LogP contribution in [0.3, 0.4) is 0 Å². The average molecular weight is 441 g/mol. The molecule has 0 aliphatic carbocycles. The second-order valence-electron chi connectivity index (χ2n) is 7.69. The van der Waals surface area contributed by atoms with Crippen LogP contribution in [0.1, 0.15) is 27.8 Å². The van der Waals surface area contributed by atoms with E-state index in [1.165, 1.54) is 16.7 Å². The van der Waals surface area contributed by atoms with Gasteiger partial charge in [0.1, 0.15) is 6.79 Å². The summed E-state index contributed by atoms with van der Waals surface area (Å²) in [6.45, 7) is 5.59. The molecule has 1 aliphatic rings. The smallest absolute Gasteiger partial charge is 0.312 e. The van der Waals surface area contributed by atoms with Crippen molar-refractivity contribution in [2.24, 2.45) is 0 Å². The summed E-state index contributed by atoms with van der Waals surface area (Å²) >= 11 is 0. The molecular formula is C26H27F3N2O. The molecule has 0 radical (unpaired) electrons. The number of hydrogen-bond acceptors (Lipinski definition) is 3. The van der Waals surface area contributed by atoms with Crippen molar-refractivity contribution in [1.29, 1.82) is 0 Å². The first kappa shape index (κ1) is 23.7. The number of alkyl halides is 3. The molecule has 0 fully saturated rings. The fraction of sp³-hybridized carbons (Fsp3) is 0.269. The lowest BCUT2D eigenvalue weighted by molar-refractivity contribution is -0.137. The second-order valence-corrected chi connectivity index (χ2v) is 7.69. The fourth-order valence-electron chi connectivity index (χ4n) is 3.96. The highest BCUT2D eigenvalue weighted by atomic mass is 19.4. The predicted molar refractivity (Wildman–Crippen MR) is 121 cm³/mol. The van der Waals surface area contributed by atoms with E-state index in [-0.39, 0.29) is 0 Å². The topological polar surface area (TPSA) is 41.1 Å². The molecule has 0 amide bonds. The molecule has 0 unspecified atom stereocenters. The van der Waals surface area contributed by atoms with E-state index in [1.54, 1.807) is 12.1 Å². The molecule has 168 valence electrons. The summed E-state index contributed by atoms with van der Waals surface area (Å²) in [4.78, 5) is 8.00. The molecule has 32 heavy (non-hydrogen) atoms. The summed E-state index contributed by atoms with van der Waals surface area (Å²) in [5.41, 5.74) is 6.39. The van der Waals surface area contributed by atoms with Crippen LogP contribution < -0.4 is 10.6 Å². The van der Waals surface area contributed by atoms with Crippen molar-refractivity contribution < 1.29 is 18.0 Å². The van der Waals surface area contributed by atoms with Gasteiger partial charge in [0.2, 0.25) is 0 Å². The van der Waals surface area contributed by atoms with Crippen molar-refractivity contribution in [3.05, 3.63) is 94.5 Å². The maximum Gasteiger partial charge on any atom is 0.416 e. The number of carbonyl (C=O) groups is 1. The number of fused-ring (bicyclic) bond motifs is 1. The highest BCUT2D eigenvalue weighted by Gasteiger charge is 2.30. The van der Waals surface area contributed by atoms with Crippen LogP contribution in [0.25, 0.3) is 11.1 Å². The van der Waals surface area contributed by atoms with Crippen LogP contribution in [0.15, 0.2) is 66.7 Å². The maximum atomic E-state index is 12.8. The maximum absolute atomic E-state index is 12.8. The molecular weight excluding hydrogens is 413 g/mol. The second kappa shape index (κ2) is 11.1. The first-order chi connectivity index (χ1) is 15.5. The fourth-order valence-corrected chi connectivity index (χ4v) is 3.96. The molecule has 1 heterocycles. The van der Waals surface area contributed by atoms with Crippen molar-refractivity contribution in [3.63, 3.8) is 0 Å². The van der Waals surface area contributed by atoms with E-state index in [0.29, 0.717) is 0 Å². The number of benzene rings is 3. The van der Waals surface area contributed by atoms with Gasteiger partial charge in [-0.25, -0.2) is 0 Å². The summed E-state index contributed by atoms with van der Waals surface area (Å²) in [6, 6.07) is 20.0. The van der Waals surface area contributed by atoms with Gasteiger partial charge in [-0.1, -0.05) is 54.6 Å². The third-order valence-electron chi connectivity index (χ3n) is 5.60. The molecule has 0 saturated heterocycles. The van der Waals surface area contributed by atoms with Gasteiger partial charge < -0.3 is 15.4 Å². The van der Waals surface area contributed by atoms with Crippen LogP contribution in [0.2, 0.25) is 0 Å². The Kier molecular flexibility index (Phi) is 8.20. The average Bonchev–Trinajstić information content (AvgIpc) is 2.83. The van der Waals surface area contributed by atoms with Gasteiger partial charge in [0, 0.05) is 13.1 Å². The first-order valence-electron chi connectivity index (χ1n) is 10.6. The summed E-state index contributed by atoms with van der Waals surface area (Å²) in [7, 11) is 0. The minimum absolute atomic E-state index is 0.619. The minimum atomic E-state index is -4.31. The Morgan fingerprint density at radius 1 is 0.938 bits per heavy atom. The monoisotopic (exact) mass is 440 g/mol. The van der Waals surface area contributed by atoms with Crippen molar-refractivity contribution in [3.8, 4) is 11.1 Å². The predicted octanol–water partition coefficient (Wildman–Crippen LogP) is 5.17. The van der Waals surface area contributed by atoms with E-state index in [2.05, 4.69) is 28.8 Å². The van der Waals surface area contributed by atoms with E-state index >= 15 is 0 Å². The zero-order valence-corrected chi connectivity index (χ0v) is 17.8. The van der Waals surface area contributed by atoms with E-state index in [9.17, 15) is 13.2 Å².